The number of methoxy groups -OCH3 is 1. The third-order valence-corrected chi connectivity index (χ3v) is 7.43. The Kier molecular flexibility index (Phi) is 8.42. The summed E-state index contributed by atoms with van der Waals surface area (Å²) in [6.45, 7) is 3.07. The number of likely N-dealkylation sites (tertiary alicyclic amines) is 1. The molecule has 7 nitrogen and oxygen atoms in total. The maximum atomic E-state index is 13.8. The lowest BCUT2D eigenvalue weighted by Gasteiger charge is -2.39. The Morgan fingerprint density at radius 3 is 2.47 bits per heavy atom. The van der Waals surface area contributed by atoms with Crippen molar-refractivity contribution < 1.29 is 37.7 Å². The van der Waals surface area contributed by atoms with Crippen molar-refractivity contribution in [1.82, 2.24) is 9.88 Å². The Hall–Kier alpha value is -3.37. The van der Waals surface area contributed by atoms with Crippen molar-refractivity contribution in [1.29, 1.82) is 0 Å². The number of halogens is 3. The topological polar surface area (TPSA) is 92.1 Å². The average molecular weight is 533 g/mol. The number of benzene rings is 2. The summed E-state index contributed by atoms with van der Waals surface area (Å²) in [6, 6.07) is 6.56. The predicted molar refractivity (Wildman–Crippen MR) is 135 cm³/mol. The zero-order valence-corrected chi connectivity index (χ0v) is 21.3. The van der Waals surface area contributed by atoms with E-state index in [1.165, 1.54) is 0 Å². The van der Waals surface area contributed by atoms with Gasteiger partial charge in [-0.25, -0.2) is 13.2 Å². The van der Waals surface area contributed by atoms with Crippen molar-refractivity contribution in [2.75, 3.05) is 33.4 Å². The molecule has 0 aliphatic carbocycles. The molecule has 2 N–H and O–H groups in total. The second-order valence-corrected chi connectivity index (χ2v) is 9.77. The molecule has 38 heavy (non-hydrogen) atoms. The maximum absolute atomic E-state index is 13.8. The number of aromatic nitrogens is 1. The van der Waals surface area contributed by atoms with Crippen molar-refractivity contribution in [3.8, 4) is 11.5 Å². The number of ether oxygens (including phenoxy) is 2. The van der Waals surface area contributed by atoms with Crippen LogP contribution in [-0.2, 0) is 4.79 Å². The molecule has 2 heterocycles. The molecule has 1 aliphatic heterocycles. The molecule has 1 unspecified atom stereocenters. The van der Waals surface area contributed by atoms with Crippen LogP contribution in [0.3, 0.4) is 0 Å². The molecule has 0 amide bonds. The number of rotatable bonds is 10. The van der Waals surface area contributed by atoms with Gasteiger partial charge in [-0.15, -0.1) is 0 Å². The fourth-order valence-electron chi connectivity index (χ4n) is 5.14. The monoisotopic (exact) mass is 532 g/mol. The van der Waals surface area contributed by atoms with E-state index in [1.807, 2.05) is 24.0 Å². The van der Waals surface area contributed by atoms with Gasteiger partial charge in [-0.3, -0.25) is 14.7 Å². The molecular weight excluding hydrogens is 501 g/mol. The number of fused-ring (bicyclic) bond motifs is 1. The molecule has 204 valence electrons. The number of carbonyl (C=O) groups is 1. The summed E-state index contributed by atoms with van der Waals surface area (Å²) in [7, 11) is 1.56. The first-order chi connectivity index (χ1) is 18.1. The van der Waals surface area contributed by atoms with Crippen molar-refractivity contribution >= 4 is 16.9 Å². The minimum Gasteiger partial charge on any atom is -0.497 e. The minimum absolute atomic E-state index is 0.0316. The maximum Gasteiger partial charge on any atom is 0.309 e. The minimum atomic E-state index is -1.11. The Bertz CT molecular complexity index is 1290. The SMILES string of the molecule is COc1ccc2ncc(C)c(C(O)CCC3(C(=O)O)CCN(CCOc4c(F)cc(F)cc4F)CC3)c2c1. The highest BCUT2D eigenvalue weighted by atomic mass is 19.1. The van der Waals surface area contributed by atoms with E-state index in [2.05, 4.69) is 4.98 Å². The molecule has 10 heteroatoms. The van der Waals surface area contributed by atoms with Gasteiger partial charge in [0, 0.05) is 30.3 Å². The number of aliphatic hydroxyl groups excluding tert-OH is 1. The molecule has 0 radical (unpaired) electrons. The summed E-state index contributed by atoms with van der Waals surface area (Å²) in [5.74, 6) is -4.14. The number of carboxylic acid groups (broad SMARTS) is 1. The van der Waals surface area contributed by atoms with Gasteiger partial charge < -0.3 is 19.7 Å². The number of aryl methyl sites for hydroxylation is 1. The smallest absolute Gasteiger partial charge is 0.309 e. The lowest BCUT2D eigenvalue weighted by atomic mass is 9.74. The zero-order chi connectivity index (χ0) is 27.4. The van der Waals surface area contributed by atoms with Crippen LogP contribution in [0, 0.1) is 29.8 Å². The van der Waals surface area contributed by atoms with Gasteiger partial charge in [-0.1, -0.05) is 0 Å². The summed E-state index contributed by atoms with van der Waals surface area (Å²) in [6.07, 6.45) is 2.08. The van der Waals surface area contributed by atoms with Gasteiger partial charge >= 0.3 is 5.97 Å². The molecule has 1 aliphatic rings. The van der Waals surface area contributed by atoms with Gasteiger partial charge in [0.15, 0.2) is 17.4 Å². The van der Waals surface area contributed by atoms with Crippen LogP contribution in [-0.4, -0.2) is 59.4 Å². The third-order valence-electron chi connectivity index (χ3n) is 7.43. The first-order valence-electron chi connectivity index (χ1n) is 12.5. The van der Waals surface area contributed by atoms with Gasteiger partial charge in [0.1, 0.15) is 18.2 Å². The second-order valence-electron chi connectivity index (χ2n) is 9.77. The quantitative estimate of drug-likeness (QED) is 0.379. The van der Waals surface area contributed by atoms with Gasteiger partial charge in [0.2, 0.25) is 0 Å². The van der Waals surface area contributed by atoms with Crippen LogP contribution in [0.4, 0.5) is 13.2 Å². The first-order valence-corrected chi connectivity index (χ1v) is 12.5. The van der Waals surface area contributed by atoms with E-state index in [9.17, 15) is 28.2 Å². The predicted octanol–water partition coefficient (Wildman–Crippen LogP) is 5.03. The molecule has 2 aromatic carbocycles. The highest BCUT2D eigenvalue weighted by Crippen LogP contribution is 2.40. The number of nitrogens with zero attached hydrogens (tertiary/aromatic N) is 2. The molecular formula is C28H31F3N2O5. The van der Waals surface area contributed by atoms with Gasteiger partial charge in [0.05, 0.1) is 24.1 Å². The standard InChI is InChI=1S/C28H31F3N2O5/c1-17-16-32-23-4-3-19(37-2)15-20(23)25(17)24(34)5-6-28(27(35)36)7-9-33(10-8-28)11-12-38-26-21(30)13-18(29)14-22(26)31/h3-4,13-16,24,34H,5-12H2,1-2H3,(H,35,36). The summed E-state index contributed by atoms with van der Waals surface area (Å²) in [4.78, 5) is 18.7. The molecule has 1 fully saturated rings. The van der Waals surface area contributed by atoms with Crippen LogP contribution in [0.15, 0.2) is 36.5 Å². The van der Waals surface area contributed by atoms with Gasteiger partial charge in [0.25, 0.3) is 0 Å². The Balaban J connectivity index is 1.37. The first kappa shape index (κ1) is 27.7. The number of aliphatic carboxylic acids is 1. The summed E-state index contributed by atoms with van der Waals surface area (Å²) in [5.41, 5.74) is 1.24. The van der Waals surface area contributed by atoms with E-state index < -0.39 is 40.7 Å². The number of hydrogen-bond acceptors (Lipinski definition) is 6. The van der Waals surface area contributed by atoms with E-state index in [0.29, 0.717) is 61.4 Å². The van der Waals surface area contributed by atoms with Crippen molar-refractivity contribution in [2.24, 2.45) is 5.41 Å². The second kappa shape index (κ2) is 11.6. The van der Waals surface area contributed by atoms with E-state index in [4.69, 9.17) is 9.47 Å². The van der Waals surface area contributed by atoms with E-state index in [1.54, 1.807) is 19.4 Å². The fraction of sp³-hybridized carbons (Fsp3) is 0.429. The summed E-state index contributed by atoms with van der Waals surface area (Å²) >= 11 is 0. The van der Waals surface area contributed by atoms with Gasteiger partial charge in [-0.2, -0.15) is 0 Å². The molecule has 0 spiro atoms. The molecule has 4 rings (SSSR count). The summed E-state index contributed by atoms with van der Waals surface area (Å²) < 4.78 is 51.1. The number of aliphatic hydroxyl groups is 1. The van der Waals surface area contributed by atoms with Crippen molar-refractivity contribution in [2.45, 2.75) is 38.7 Å². The molecule has 1 saturated heterocycles. The molecule has 0 saturated carbocycles. The number of hydrogen-bond donors (Lipinski definition) is 2. The molecule has 3 aromatic rings. The Labute approximate surface area is 218 Å². The van der Waals surface area contributed by atoms with Crippen molar-refractivity contribution in [3.05, 3.63) is 65.1 Å². The van der Waals surface area contributed by atoms with Gasteiger partial charge in [-0.05, 0) is 75.0 Å². The van der Waals surface area contributed by atoms with Crippen molar-refractivity contribution in [3.63, 3.8) is 0 Å². The van der Waals surface area contributed by atoms with Crippen LogP contribution in [0.25, 0.3) is 10.9 Å². The lowest BCUT2D eigenvalue weighted by molar-refractivity contribution is -0.153. The molecule has 0 bridgehead atoms. The van der Waals surface area contributed by atoms with E-state index in [0.717, 1.165) is 10.9 Å². The van der Waals surface area contributed by atoms with Crippen LogP contribution >= 0.6 is 0 Å². The van der Waals surface area contributed by atoms with E-state index >= 15 is 0 Å². The normalized spacial score (nSPS) is 16.4. The summed E-state index contributed by atoms with van der Waals surface area (Å²) in [5, 5.41) is 22.0. The Morgan fingerprint density at radius 2 is 1.84 bits per heavy atom. The molecule has 1 aromatic heterocycles. The highest BCUT2D eigenvalue weighted by molar-refractivity contribution is 5.85. The largest absolute Gasteiger partial charge is 0.497 e. The average Bonchev–Trinajstić information content (AvgIpc) is 2.89. The third kappa shape index (κ3) is 5.86. The fourth-order valence-corrected chi connectivity index (χ4v) is 5.14. The van der Waals surface area contributed by atoms with Crippen LogP contribution in [0.1, 0.15) is 42.9 Å². The zero-order valence-electron chi connectivity index (χ0n) is 21.3. The van der Waals surface area contributed by atoms with E-state index in [-0.39, 0.29) is 19.4 Å². The number of pyridine rings is 1. The van der Waals surface area contributed by atoms with Crippen LogP contribution in [0.2, 0.25) is 0 Å². The lowest BCUT2D eigenvalue weighted by Crippen LogP contribution is -2.45. The highest BCUT2D eigenvalue weighted by Gasteiger charge is 2.41. The number of carboxylic acids is 1. The Morgan fingerprint density at radius 1 is 1.16 bits per heavy atom. The number of piperidine rings is 1. The molecule has 1 atom stereocenters. The van der Waals surface area contributed by atoms with Crippen LogP contribution in [0.5, 0.6) is 11.5 Å². The van der Waals surface area contributed by atoms with Crippen LogP contribution < -0.4 is 9.47 Å².